The smallest absolute Gasteiger partial charge is 0.293 e. The number of benzene rings is 2. The first-order chi connectivity index (χ1) is 12.1. The minimum Gasteiger partial charge on any atom is -0.451 e. The molecule has 0 unspecified atom stereocenters. The van der Waals surface area contributed by atoms with Crippen LogP contribution in [0.3, 0.4) is 0 Å². The molecule has 5 nitrogen and oxygen atoms in total. The van der Waals surface area contributed by atoms with Crippen molar-refractivity contribution < 1.29 is 9.21 Å². The van der Waals surface area contributed by atoms with Gasteiger partial charge >= 0.3 is 0 Å². The summed E-state index contributed by atoms with van der Waals surface area (Å²) in [6.07, 6.45) is 0. The zero-order valence-electron chi connectivity index (χ0n) is 13.2. The van der Waals surface area contributed by atoms with Crippen LogP contribution in [0.2, 0.25) is 0 Å². The summed E-state index contributed by atoms with van der Waals surface area (Å²) in [4.78, 5) is 16.7. The highest BCUT2D eigenvalue weighted by atomic mass is 32.1. The molecule has 0 saturated heterocycles. The molecule has 0 spiro atoms. The number of thiazole rings is 1. The molecule has 0 radical (unpaired) electrons. The number of furan rings is 1. The molecule has 2 aromatic carbocycles. The molecule has 124 valence electrons. The first-order valence-electron chi connectivity index (χ1n) is 7.56. The Kier molecular flexibility index (Phi) is 3.95. The first-order valence-corrected chi connectivity index (χ1v) is 8.79. The van der Waals surface area contributed by atoms with Crippen LogP contribution in [0.4, 0.5) is 5.13 Å². The summed E-state index contributed by atoms with van der Waals surface area (Å²) in [7, 11) is 0. The third kappa shape index (κ3) is 3.24. The molecule has 0 aliphatic carbocycles. The quantitative estimate of drug-likeness (QED) is 0.512. The minimum atomic E-state index is -0.398. The van der Waals surface area contributed by atoms with Gasteiger partial charge in [0.1, 0.15) is 5.58 Å². The number of thiocarbonyl (C=S) groups is 1. The van der Waals surface area contributed by atoms with Gasteiger partial charge in [-0.3, -0.25) is 10.1 Å². The van der Waals surface area contributed by atoms with Crippen molar-refractivity contribution in [2.45, 2.75) is 6.92 Å². The molecule has 2 N–H and O–H groups in total. The van der Waals surface area contributed by atoms with E-state index in [2.05, 4.69) is 21.7 Å². The fourth-order valence-corrected chi connectivity index (χ4v) is 3.69. The predicted molar refractivity (Wildman–Crippen MR) is 104 cm³/mol. The topological polar surface area (TPSA) is 67.2 Å². The minimum absolute atomic E-state index is 0.182. The van der Waals surface area contributed by atoms with Gasteiger partial charge in [0.2, 0.25) is 0 Å². The highest BCUT2D eigenvalue weighted by Crippen LogP contribution is 2.26. The molecule has 2 aromatic heterocycles. The van der Waals surface area contributed by atoms with Crippen molar-refractivity contribution in [3.05, 3.63) is 59.9 Å². The van der Waals surface area contributed by atoms with Crippen molar-refractivity contribution in [3.63, 3.8) is 0 Å². The Labute approximate surface area is 152 Å². The zero-order valence-corrected chi connectivity index (χ0v) is 14.8. The van der Waals surface area contributed by atoms with E-state index in [9.17, 15) is 4.79 Å². The van der Waals surface area contributed by atoms with Crippen LogP contribution >= 0.6 is 23.6 Å². The van der Waals surface area contributed by atoms with Gasteiger partial charge in [-0.05, 0) is 49.0 Å². The van der Waals surface area contributed by atoms with Crippen LogP contribution < -0.4 is 10.6 Å². The maximum Gasteiger partial charge on any atom is 0.293 e. The van der Waals surface area contributed by atoms with Crippen LogP contribution in [0, 0.1) is 6.92 Å². The van der Waals surface area contributed by atoms with Crippen LogP contribution in [0.5, 0.6) is 0 Å². The van der Waals surface area contributed by atoms with Gasteiger partial charge in [-0.25, -0.2) is 4.98 Å². The second kappa shape index (κ2) is 6.27. The molecule has 25 heavy (non-hydrogen) atoms. The van der Waals surface area contributed by atoms with Crippen LogP contribution in [-0.2, 0) is 0 Å². The summed E-state index contributed by atoms with van der Waals surface area (Å²) in [5.74, 6) is -0.184. The summed E-state index contributed by atoms with van der Waals surface area (Å²) in [5.41, 5.74) is 2.72. The summed E-state index contributed by atoms with van der Waals surface area (Å²) in [6.45, 7) is 2.03. The number of aryl methyl sites for hydroxylation is 1. The van der Waals surface area contributed by atoms with Crippen LogP contribution in [0.15, 0.2) is 52.9 Å². The summed E-state index contributed by atoms with van der Waals surface area (Å²) in [6, 6.07) is 15.2. The van der Waals surface area contributed by atoms with E-state index in [4.69, 9.17) is 16.6 Å². The van der Waals surface area contributed by atoms with Crippen molar-refractivity contribution in [3.8, 4) is 0 Å². The number of nitrogens with one attached hydrogen (secondary N) is 2. The standard InChI is InChI=1S/C18H13N3O2S2/c1-10-6-7-12-15(8-10)25-18(19-12)21-17(24)20-16(22)14-9-11-4-2-3-5-13(11)23-14/h2-9H,1H3,(H2,19,20,21,22,24). The second-order valence-electron chi connectivity index (χ2n) is 5.55. The normalized spacial score (nSPS) is 10.9. The summed E-state index contributed by atoms with van der Waals surface area (Å²) >= 11 is 6.69. The SMILES string of the molecule is Cc1ccc2nc(NC(=S)NC(=O)c3cc4ccccc4o3)sc2c1. The lowest BCUT2D eigenvalue weighted by Gasteiger charge is -2.04. The van der Waals surface area contributed by atoms with Gasteiger partial charge in [-0.15, -0.1) is 0 Å². The highest BCUT2D eigenvalue weighted by molar-refractivity contribution is 7.80. The number of para-hydroxylation sites is 1. The molecule has 0 aliphatic heterocycles. The molecule has 0 fully saturated rings. The number of anilines is 1. The first kappa shape index (κ1) is 15.7. The lowest BCUT2D eigenvalue weighted by molar-refractivity contribution is 0.0953. The number of carbonyl (C=O) groups excluding carboxylic acids is 1. The molecule has 2 heterocycles. The van der Waals surface area contributed by atoms with Crippen LogP contribution in [0.1, 0.15) is 16.1 Å². The number of fused-ring (bicyclic) bond motifs is 2. The highest BCUT2D eigenvalue weighted by Gasteiger charge is 2.14. The number of hydrogen-bond acceptors (Lipinski definition) is 5. The maximum absolute atomic E-state index is 12.3. The largest absolute Gasteiger partial charge is 0.451 e. The Morgan fingerprint density at radius 3 is 2.88 bits per heavy atom. The van der Waals surface area contributed by atoms with E-state index in [1.165, 1.54) is 16.9 Å². The molecule has 0 saturated carbocycles. The van der Waals surface area contributed by atoms with E-state index in [1.54, 1.807) is 6.07 Å². The average Bonchev–Trinajstić information content (AvgIpc) is 3.17. The molecular formula is C18H13N3O2S2. The monoisotopic (exact) mass is 367 g/mol. The van der Waals surface area contributed by atoms with Crippen molar-refractivity contribution in [1.82, 2.24) is 10.3 Å². The van der Waals surface area contributed by atoms with E-state index in [0.717, 1.165) is 15.6 Å². The second-order valence-corrected chi connectivity index (χ2v) is 6.99. The number of aromatic nitrogens is 1. The van der Waals surface area contributed by atoms with Crippen molar-refractivity contribution in [2.75, 3.05) is 5.32 Å². The Hall–Kier alpha value is -2.77. The third-order valence-corrected chi connectivity index (χ3v) is 4.78. The van der Waals surface area contributed by atoms with Gasteiger partial charge in [0, 0.05) is 5.39 Å². The van der Waals surface area contributed by atoms with E-state index < -0.39 is 5.91 Å². The number of nitrogens with zero attached hydrogens (tertiary/aromatic N) is 1. The molecule has 0 atom stereocenters. The third-order valence-electron chi connectivity index (χ3n) is 3.64. The molecule has 4 rings (SSSR count). The van der Waals surface area contributed by atoms with E-state index in [-0.39, 0.29) is 10.9 Å². The van der Waals surface area contributed by atoms with E-state index in [0.29, 0.717) is 10.7 Å². The van der Waals surface area contributed by atoms with Gasteiger partial charge in [-0.1, -0.05) is 35.6 Å². The summed E-state index contributed by atoms with van der Waals surface area (Å²) in [5, 5.41) is 7.25. The Morgan fingerprint density at radius 2 is 2.04 bits per heavy atom. The predicted octanol–water partition coefficient (Wildman–Crippen LogP) is 4.48. The molecule has 4 aromatic rings. The van der Waals surface area contributed by atoms with Gasteiger partial charge in [0.05, 0.1) is 10.2 Å². The van der Waals surface area contributed by atoms with Gasteiger partial charge < -0.3 is 9.73 Å². The maximum atomic E-state index is 12.3. The molecular weight excluding hydrogens is 354 g/mol. The van der Waals surface area contributed by atoms with Gasteiger partial charge in [0.25, 0.3) is 5.91 Å². The number of rotatable bonds is 2. The van der Waals surface area contributed by atoms with E-state index in [1.807, 2.05) is 43.3 Å². The zero-order chi connectivity index (χ0) is 17.4. The lowest BCUT2D eigenvalue weighted by atomic mass is 10.2. The van der Waals surface area contributed by atoms with Crippen LogP contribution in [0.25, 0.3) is 21.2 Å². The van der Waals surface area contributed by atoms with Gasteiger partial charge in [0.15, 0.2) is 16.0 Å². The molecule has 0 bridgehead atoms. The molecule has 1 amide bonds. The molecule has 0 aliphatic rings. The molecule has 7 heteroatoms. The van der Waals surface area contributed by atoms with Crippen molar-refractivity contribution in [1.29, 1.82) is 0 Å². The number of hydrogen-bond donors (Lipinski definition) is 2. The Balaban J connectivity index is 1.47. The fourth-order valence-electron chi connectivity index (χ4n) is 2.47. The Morgan fingerprint density at radius 1 is 1.20 bits per heavy atom. The lowest BCUT2D eigenvalue weighted by Crippen LogP contribution is -2.33. The number of carbonyl (C=O) groups is 1. The van der Waals surface area contributed by atoms with Gasteiger partial charge in [-0.2, -0.15) is 0 Å². The summed E-state index contributed by atoms with van der Waals surface area (Å²) < 4.78 is 6.59. The number of amides is 1. The Bertz CT molecular complexity index is 1080. The van der Waals surface area contributed by atoms with Crippen molar-refractivity contribution >= 4 is 60.9 Å². The van der Waals surface area contributed by atoms with Crippen LogP contribution in [-0.4, -0.2) is 16.0 Å². The van der Waals surface area contributed by atoms with E-state index >= 15 is 0 Å². The average molecular weight is 367 g/mol. The van der Waals surface area contributed by atoms with Crippen molar-refractivity contribution in [2.24, 2.45) is 0 Å². The fraction of sp³-hybridized carbons (Fsp3) is 0.0556.